The number of fused-ring (bicyclic) bond motifs is 1. The fourth-order valence-corrected chi connectivity index (χ4v) is 6.95. The number of nitrogens with zero attached hydrogens (tertiary/aromatic N) is 1. The van der Waals surface area contributed by atoms with Crippen molar-refractivity contribution >= 4 is 55.5 Å². The van der Waals surface area contributed by atoms with Crippen LogP contribution in [0.2, 0.25) is 5.02 Å². The first kappa shape index (κ1) is 26.9. The van der Waals surface area contributed by atoms with Gasteiger partial charge in [-0.25, -0.2) is 8.42 Å². The maximum atomic E-state index is 13.0. The SMILES string of the molecule is NC(=O)c1c(NC(=O)c2ccc(NS(=O)(=O)c3ccc(Cl)cc3)cc2)sc2c1CCN(Cc1ccccc1)C2. The second-order valence-corrected chi connectivity index (χ2v) is 12.3. The zero-order valence-electron chi connectivity index (χ0n) is 20.7. The van der Waals surface area contributed by atoms with E-state index in [0.717, 1.165) is 23.5 Å². The lowest BCUT2D eigenvalue weighted by atomic mass is 10.0. The van der Waals surface area contributed by atoms with Crippen LogP contribution in [0.4, 0.5) is 10.7 Å². The number of thiophene rings is 1. The molecule has 2 heterocycles. The number of primary amides is 1. The van der Waals surface area contributed by atoms with Crippen LogP contribution >= 0.6 is 22.9 Å². The number of hydrogen-bond acceptors (Lipinski definition) is 6. The van der Waals surface area contributed by atoms with Gasteiger partial charge >= 0.3 is 0 Å². The minimum atomic E-state index is -3.82. The van der Waals surface area contributed by atoms with Gasteiger partial charge in [0.05, 0.1) is 10.5 Å². The first-order chi connectivity index (χ1) is 18.7. The van der Waals surface area contributed by atoms with E-state index in [1.807, 2.05) is 18.2 Å². The smallest absolute Gasteiger partial charge is 0.261 e. The Balaban J connectivity index is 1.29. The van der Waals surface area contributed by atoms with Gasteiger partial charge < -0.3 is 11.1 Å². The molecule has 0 saturated carbocycles. The molecule has 0 saturated heterocycles. The first-order valence-corrected chi connectivity index (χ1v) is 14.8. The standard InChI is InChI=1S/C28H25ClN4O4S2/c29-20-8-12-22(13-9-20)39(36,37)32-21-10-6-19(7-11-21)27(35)31-28-25(26(30)34)23-14-15-33(17-24(23)38-28)16-18-4-2-1-3-5-18/h1-13,32H,14-17H2,(H2,30,34)(H,31,35). The van der Waals surface area contributed by atoms with E-state index in [1.54, 1.807) is 0 Å². The molecule has 4 aromatic rings. The molecule has 0 radical (unpaired) electrons. The average Bonchev–Trinajstić information content (AvgIpc) is 3.27. The van der Waals surface area contributed by atoms with E-state index in [9.17, 15) is 18.0 Å². The summed E-state index contributed by atoms with van der Waals surface area (Å²) in [5.74, 6) is -1.00. The topological polar surface area (TPSA) is 122 Å². The summed E-state index contributed by atoms with van der Waals surface area (Å²) in [4.78, 5) is 28.8. The summed E-state index contributed by atoms with van der Waals surface area (Å²) in [6, 6.07) is 22.0. The molecule has 0 atom stereocenters. The molecular weight excluding hydrogens is 556 g/mol. The fraction of sp³-hybridized carbons (Fsp3) is 0.143. The van der Waals surface area contributed by atoms with Gasteiger partial charge in [-0.1, -0.05) is 41.9 Å². The Morgan fingerprint density at radius 3 is 2.33 bits per heavy atom. The molecular formula is C28H25ClN4O4S2. The molecule has 3 aromatic carbocycles. The minimum Gasteiger partial charge on any atom is -0.365 e. The van der Waals surface area contributed by atoms with Gasteiger partial charge in [-0.15, -0.1) is 11.3 Å². The molecule has 4 N–H and O–H groups in total. The second-order valence-electron chi connectivity index (χ2n) is 9.11. The molecule has 1 aliphatic rings. The highest BCUT2D eigenvalue weighted by atomic mass is 35.5. The molecule has 2 amide bonds. The summed E-state index contributed by atoms with van der Waals surface area (Å²) < 4.78 is 27.7. The number of amides is 2. The Morgan fingerprint density at radius 2 is 1.67 bits per heavy atom. The Kier molecular flexibility index (Phi) is 7.72. The Labute approximate surface area is 235 Å². The lowest BCUT2D eigenvalue weighted by Gasteiger charge is -2.27. The molecule has 5 rings (SSSR count). The number of halogens is 1. The van der Waals surface area contributed by atoms with Gasteiger partial charge in [0, 0.05) is 40.8 Å². The summed E-state index contributed by atoms with van der Waals surface area (Å²) in [5.41, 5.74) is 8.77. The molecule has 11 heteroatoms. The lowest BCUT2D eigenvalue weighted by molar-refractivity contribution is 0.0999. The van der Waals surface area contributed by atoms with Gasteiger partial charge in [0.1, 0.15) is 5.00 Å². The van der Waals surface area contributed by atoms with Crippen molar-refractivity contribution in [3.8, 4) is 0 Å². The van der Waals surface area contributed by atoms with Crippen LogP contribution < -0.4 is 15.8 Å². The second kappa shape index (κ2) is 11.2. The number of hydrogen-bond donors (Lipinski definition) is 3. The van der Waals surface area contributed by atoms with E-state index >= 15 is 0 Å². The van der Waals surface area contributed by atoms with Crippen LogP contribution in [0.1, 0.15) is 36.7 Å². The molecule has 0 fully saturated rings. The van der Waals surface area contributed by atoms with Gasteiger partial charge in [0.2, 0.25) is 0 Å². The van der Waals surface area contributed by atoms with Crippen molar-refractivity contribution in [2.24, 2.45) is 5.73 Å². The molecule has 0 unspecified atom stereocenters. The summed E-state index contributed by atoms with van der Waals surface area (Å²) >= 11 is 7.20. The van der Waals surface area contributed by atoms with Crippen molar-refractivity contribution in [3.05, 3.63) is 111 Å². The molecule has 1 aromatic heterocycles. The van der Waals surface area contributed by atoms with Crippen LogP contribution in [0.3, 0.4) is 0 Å². The summed E-state index contributed by atoms with van der Waals surface area (Å²) in [6.07, 6.45) is 0.662. The highest BCUT2D eigenvalue weighted by Gasteiger charge is 2.28. The molecule has 1 aliphatic heterocycles. The van der Waals surface area contributed by atoms with Crippen molar-refractivity contribution in [1.29, 1.82) is 0 Å². The lowest BCUT2D eigenvalue weighted by Crippen LogP contribution is -2.30. The van der Waals surface area contributed by atoms with Crippen molar-refractivity contribution in [1.82, 2.24) is 4.90 Å². The number of carbonyl (C=O) groups is 2. The zero-order chi connectivity index (χ0) is 27.6. The van der Waals surface area contributed by atoms with Gasteiger partial charge in [-0.2, -0.15) is 0 Å². The summed E-state index contributed by atoms with van der Waals surface area (Å²) in [6.45, 7) is 2.23. The van der Waals surface area contributed by atoms with Gasteiger partial charge in [0.15, 0.2) is 0 Å². The van der Waals surface area contributed by atoms with Gasteiger partial charge in [-0.05, 0) is 66.1 Å². The molecule has 0 bridgehead atoms. The molecule has 8 nitrogen and oxygen atoms in total. The van der Waals surface area contributed by atoms with E-state index in [0.29, 0.717) is 39.8 Å². The number of rotatable bonds is 8. The maximum absolute atomic E-state index is 13.0. The quantitative estimate of drug-likeness (QED) is 0.267. The van der Waals surface area contributed by atoms with Crippen LogP contribution in [-0.4, -0.2) is 31.7 Å². The monoisotopic (exact) mass is 580 g/mol. The van der Waals surface area contributed by atoms with Crippen LogP contribution in [0.5, 0.6) is 0 Å². The predicted octanol–water partition coefficient (Wildman–Crippen LogP) is 5.11. The van der Waals surface area contributed by atoms with Crippen molar-refractivity contribution in [3.63, 3.8) is 0 Å². The third-order valence-electron chi connectivity index (χ3n) is 6.38. The van der Waals surface area contributed by atoms with E-state index in [-0.39, 0.29) is 4.90 Å². The number of carbonyl (C=O) groups excluding carboxylic acids is 2. The minimum absolute atomic E-state index is 0.0664. The normalized spacial score (nSPS) is 13.5. The van der Waals surface area contributed by atoms with Crippen molar-refractivity contribution < 1.29 is 18.0 Å². The predicted molar refractivity (Wildman–Crippen MR) is 154 cm³/mol. The van der Waals surface area contributed by atoms with E-state index in [4.69, 9.17) is 17.3 Å². The van der Waals surface area contributed by atoms with Crippen LogP contribution in [-0.2, 0) is 29.5 Å². The van der Waals surface area contributed by atoms with Crippen LogP contribution in [0.25, 0.3) is 0 Å². The summed E-state index contributed by atoms with van der Waals surface area (Å²) in [7, 11) is -3.82. The highest BCUT2D eigenvalue weighted by Crippen LogP contribution is 2.37. The van der Waals surface area contributed by atoms with E-state index in [1.165, 1.54) is 65.4 Å². The van der Waals surface area contributed by atoms with E-state index < -0.39 is 21.8 Å². The molecule has 0 spiro atoms. The third kappa shape index (κ3) is 6.15. The van der Waals surface area contributed by atoms with Gasteiger partial charge in [0.25, 0.3) is 21.8 Å². The number of sulfonamides is 1. The first-order valence-electron chi connectivity index (χ1n) is 12.1. The average molecular weight is 581 g/mol. The molecule has 39 heavy (non-hydrogen) atoms. The van der Waals surface area contributed by atoms with E-state index in [2.05, 4.69) is 27.1 Å². The molecule has 200 valence electrons. The Hall–Kier alpha value is -3.70. The van der Waals surface area contributed by atoms with Crippen LogP contribution in [0, 0.1) is 0 Å². The number of nitrogens with two attached hydrogens (primary N) is 1. The highest BCUT2D eigenvalue weighted by molar-refractivity contribution is 7.92. The largest absolute Gasteiger partial charge is 0.365 e. The Bertz CT molecular complexity index is 1620. The number of benzene rings is 3. The zero-order valence-corrected chi connectivity index (χ0v) is 23.1. The Morgan fingerprint density at radius 1 is 0.974 bits per heavy atom. The fourth-order valence-electron chi connectivity index (χ4n) is 4.47. The maximum Gasteiger partial charge on any atom is 0.261 e. The third-order valence-corrected chi connectivity index (χ3v) is 9.16. The van der Waals surface area contributed by atoms with Gasteiger partial charge in [-0.3, -0.25) is 19.2 Å². The molecule has 0 aliphatic carbocycles. The van der Waals surface area contributed by atoms with Crippen molar-refractivity contribution in [2.75, 3.05) is 16.6 Å². The van der Waals surface area contributed by atoms with Crippen LogP contribution in [0.15, 0.2) is 83.8 Å². The number of nitrogens with one attached hydrogen (secondary N) is 2. The number of anilines is 2. The van der Waals surface area contributed by atoms with Crippen molar-refractivity contribution in [2.45, 2.75) is 24.4 Å². The summed E-state index contributed by atoms with van der Waals surface area (Å²) in [5, 5.41) is 3.69.